The highest BCUT2D eigenvalue weighted by atomic mass is 79.9. The Hall–Kier alpha value is -1.30. The number of hydrogen-bond donors (Lipinski definition) is 1. The molecule has 108 valence electrons. The van der Waals surface area contributed by atoms with Gasteiger partial charge in [-0.15, -0.1) is 11.3 Å². The number of halogens is 1. The van der Waals surface area contributed by atoms with E-state index in [4.69, 9.17) is 0 Å². The Kier molecular flexibility index (Phi) is 4.63. The lowest BCUT2D eigenvalue weighted by Crippen LogP contribution is -2.23. The Labute approximate surface area is 136 Å². The molecule has 3 heterocycles. The van der Waals surface area contributed by atoms with E-state index in [0.717, 1.165) is 23.0 Å². The lowest BCUT2D eigenvalue weighted by atomic mass is 10.0. The second-order valence-electron chi connectivity index (χ2n) is 4.90. The summed E-state index contributed by atoms with van der Waals surface area (Å²) >= 11 is 5.22. The Bertz CT molecular complexity index is 741. The Morgan fingerprint density at radius 1 is 1.29 bits per heavy atom. The maximum Gasteiger partial charge on any atom is 0.0809 e. The fourth-order valence-corrected chi connectivity index (χ4v) is 3.61. The average Bonchev–Trinajstić information content (AvgIpc) is 2.94. The maximum absolute atomic E-state index is 4.55. The topological polar surface area (TPSA) is 37.8 Å². The molecular weight excluding hydrogens is 346 g/mol. The molecule has 5 heteroatoms. The number of nitrogens with one attached hydrogen (secondary N) is 1. The molecule has 0 fully saturated rings. The first-order chi connectivity index (χ1) is 10.3. The van der Waals surface area contributed by atoms with Crippen LogP contribution in [0.4, 0.5) is 0 Å². The molecular formula is C16H16BrN3S. The van der Waals surface area contributed by atoms with Crippen molar-refractivity contribution in [3.05, 3.63) is 57.8 Å². The smallest absolute Gasteiger partial charge is 0.0809 e. The largest absolute Gasteiger partial charge is 0.310 e. The number of nitrogens with zero attached hydrogens (tertiary/aromatic N) is 2. The molecule has 0 aliphatic carbocycles. The summed E-state index contributed by atoms with van der Waals surface area (Å²) in [5.41, 5.74) is 3.51. The fraction of sp³-hybridized carbons (Fsp3) is 0.250. The van der Waals surface area contributed by atoms with Crippen molar-refractivity contribution in [2.45, 2.75) is 19.4 Å². The van der Waals surface area contributed by atoms with Crippen molar-refractivity contribution in [3.8, 4) is 0 Å². The molecule has 1 N–H and O–H groups in total. The molecule has 0 aliphatic rings. The van der Waals surface area contributed by atoms with Crippen molar-refractivity contribution in [1.29, 1.82) is 0 Å². The maximum atomic E-state index is 4.55. The van der Waals surface area contributed by atoms with Gasteiger partial charge >= 0.3 is 0 Å². The normalized spacial score (nSPS) is 12.7. The van der Waals surface area contributed by atoms with Gasteiger partial charge in [0, 0.05) is 29.1 Å². The van der Waals surface area contributed by atoms with E-state index in [1.807, 2.05) is 18.6 Å². The van der Waals surface area contributed by atoms with Crippen LogP contribution >= 0.6 is 27.3 Å². The summed E-state index contributed by atoms with van der Waals surface area (Å²) in [5.74, 6) is 0. The molecule has 3 nitrogen and oxygen atoms in total. The zero-order valence-corrected chi connectivity index (χ0v) is 14.1. The third-order valence-corrected chi connectivity index (χ3v) is 4.66. The Morgan fingerprint density at radius 3 is 3.00 bits per heavy atom. The van der Waals surface area contributed by atoms with Crippen LogP contribution in [0.5, 0.6) is 0 Å². The van der Waals surface area contributed by atoms with Gasteiger partial charge in [0.05, 0.1) is 10.2 Å². The van der Waals surface area contributed by atoms with Crippen LogP contribution in [-0.2, 0) is 6.42 Å². The average molecular weight is 362 g/mol. The summed E-state index contributed by atoms with van der Waals surface area (Å²) in [6.07, 6.45) is 6.61. The highest BCUT2D eigenvalue weighted by molar-refractivity contribution is 9.10. The van der Waals surface area contributed by atoms with E-state index < -0.39 is 0 Å². The molecule has 0 saturated carbocycles. The predicted molar refractivity (Wildman–Crippen MR) is 91.7 cm³/mol. The number of fused-ring (bicyclic) bond motifs is 1. The molecule has 0 aliphatic heterocycles. The second kappa shape index (κ2) is 6.64. The first-order valence-electron chi connectivity index (χ1n) is 6.92. The van der Waals surface area contributed by atoms with E-state index in [2.05, 4.69) is 61.7 Å². The molecule has 1 unspecified atom stereocenters. The summed E-state index contributed by atoms with van der Waals surface area (Å²) in [6, 6.07) is 6.68. The summed E-state index contributed by atoms with van der Waals surface area (Å²) in [6.45, 7) is 3.05. The van der Waals surface area contributed by atoms with Crippen LogP contribution in [0.3, 0.4) is 0 Å². The lowest BCUT2D eigenvalue weighted by Gasteiger charge is -2.18. The van der Waals surface area contributed by atoms with Crippen molar-refractivity contribution in [1.82, 2.24) is 15.3 Å². The van der Waals surface area contributed by atoms with Gasteiger partial charge in [0.1, 0.15) is 0 Å². The summed E-state index contributed by atoms with van der Waals surface area (Å²) in [5, 5.41) is 5.63. The van der Waals surface area contributed by atoms with E-state index in [1.165, 1.54) is 15.8 Å². The zero-order valence-electron chi connectivity index (χ0n) is 11.7. The van der Waals surface area contributed by atoms with E-state index in [0.29, 0.717) is 0 Å². The standard InChI is InChI=1S/C16H16BrN3S/c1-2-19-15(6-11-5-13(17)10-18-8-11)12-7-16-14(20-9-12)3-4-21-16/h3-5,7-10,15,19H,2,6H2,1H3. The number of thiophene rings is 1. The zero-order chi connectivity index (χ0) is 14.7. The van der Waals surface area contributed by atoms with Gasteiger partial charge < -0.3 is 5.32 Å². The van der Waals surface area contributed by atoms with Gasteiger partial charge in [-0.1, -0.05) is 6.92 Å². The molecule has 3 aromatic rings. The first-order valence-corrected chi connectivity index (χ1v) is 8.59. The van der Waals surface area contributed by atoms with Gasteiger partial charge in [0.15, 0.2) is 0 Å². The molecule has 1 atom stereocenters. The number of hydrogen-bond acceptors (Lipinski definition) is 4. The van der Waals surface area contributed by atoms with Crippen molar-refractivity contribution in [2.24, 2.45) is 0 Å². The Balaban J connectivity index is 1.89. The van der Waals surface area contributed by atoms with Crippen molar-refractivity contribution < 1.29 is 0 Å². The van der Waals surface area contributed by atoms with Gasteiger partial charge in [0.25, 0.3) is 0 Å². The second-order valence-corrected chi connectivity index (χ2v) is 6.76. The van der Waals surface area contributed by atoms with Crippen LogP contribution in [0.1, 0.15) is 24.1 Å². The van der Waals surface area contributed by atoms with Gasteiger partial charge in [-0.2, -0.15) is 0 Å². The van der Waals surface area contributed by atoms with E-state index in [1.54, 1.807) is 11.3 Å². The quantitative estimate of drug-likeness (QED) is 0.733. The Morgan fingerprint density at radius 2 is 2.19 bits per heavy atom. The fourth-order valence-electron chi connectivity index (χ4n) is 2.41. The molecule has 0 saturated heterocycles. The lowest BCUT2D eigenvalue weighted by molar-refractivity contribution is 0.548. The van der Waals surface area contributed by atoms with E-state index >= 15 is 0 Å². The number of rotatable bonds is 5. The highest BCUT2D eigenvalue weighted by Gasteiger charge is 2.13. The molecule has 0 aromatic carbocycles. The predicted octanol–water partition coefficient (Wildman–Crippen LogP) is 4.35. The number of pyridine rings is 2. The minimum absolute atomic E-state index is 0.255. The molecule has 0 bridgehead atoms. The molecule has 3 aromatic heterocycles. The molecule has 21 heavy (non-hydrogen) atoms. The number of likely N-dealkylation sites (N-methyl/N-ethyl adjacent to an activating group) is 1. The van der Waals surface area contributed by atoms with Crippen molar-refractivity contribution in [2.75, 3.05) is 6.54 Å². The SMILES string of the molecule is CCNC(Cc1cncc(Br)c1)c1cnc2ccsc2c1. The highest BCUT2D eigenvalue weighted by Crippen LogP contribution is 2.25. The minimum Gasteiger partial charge on any atom is -0.310 e. The van der Waals surface area contributed by atoms with Crippen LogP contribution in [0.2, 0.25) is 0 Å². The molecule has 0 spiro atoms. The van der Waals surface area contributed by atoms with Crippen LogP contribution in [0.25, 0.3) is 10.2 Å². The summed E-state index contributed by atoms with van der Waals surface area (Å²) in [4.78, 5) is 8.79. The van der Waals surface area contributed by atoms with Crippen LogP contribution < -0.4 is 5.32 Å². The monoisotopic (exact) mass is 361 g/mol. The van der Waals surface area contributed by atoms with Crippen LogP contribution in [0.15, 0.2) is 46.6 Å². The van der Waals surface area contributed by atoms with Crippen molar-refractivity contribution >= 4 is 37.5 Å². The van der Waals surface area contributed by atoms with Gasteiger partial charge in [-0.3, -0.25) is 9.97 Å². The number of aromatic nitrogens is 2. The molecule has 0 radical (unpaired) electrons. The first kappa shape index (κ1) is 14.6. The third-order valence-electron chi connectivity index (χ3n) is 3.38. The third kappa shape index (κ3) is 3.48. The van der Waals surface area contributed by atoms with Gasteiger partial charge in [0.2, 0.25) is 0 Å². The minimum atomic E-state index is 0.255. The molecule has 0 amide bonds. The summed E-state index contributed by atoms with van der Waals surface area (Å²) in [7, 11) is 0. The van der Waals surface area contributed by atoms with Gasteiger partial charge in [-0.05, 0) is 63.6 Å². The molecule has 3 rings (SSSR count). The summed E-state index contributed by atoms with van der Waals surface area (Å²) < 4.78 is 2.25. The van der Waals surface area contributed by atoms with E-state index in [-0.39, 0.29) is 6.04 Å². The van der Waals surface area contributed by atoms with E-state index in [9.17, 15) is 0 Å². The van der Waals surface area contributed by atoms with Gasteiger partial charge in [-0.25, -0.2) is 0 Å². The van der Waals surface area contributed by atoms with Crippen LogP contribution in [-0.4, -0.2) is 16.5 Å². The van der Waals surface area contributed by atoms with Crippen LogP contribution in [0, 0.1) is 0 Å². The van der Waals surface area contributed by atoms with Crippen molar-refractivity contribution in [3.63, 3.8) is 0 Å².